The summed E-state index contributed by atoms with van der Waals surface area (Å²) in [6, 6.07) is 0.709. The SMILES string of the molecule is CCCCN(C)C(=O)N(Cc1cc(=O)c(OC)co1)[N+]#N. The normalized spacial score (nSPS) is 9.81. The molecule has 8 nitrogen and oxygen atoms in total. The zero-order valence-electron chi connectivity index (χ0n) is 12.4. The van der Waals surface area contributed by atoms with Crippen LogP contribution in [0.2, 0.25) is 0 Å². The molecule has 1 aromatic rings. The predicted octanol–water partition coefficient (Wildman–Crippen LogP) is 2.07. The van der Waals surface area contributed by atoms with Gasteiger partial charge in [0, 0.05) is 19.7 Å². The Bertz CT molecular complexity index is 578. The minimum absolute atomic E-state index is 0.0672. The number of diazo groups is 1. The van der Waals surface area contributed by atoms with Crippen LogP contribution in [-0.2, 0) is 6.54 Å². The summed E-state index contributed by atoms with van der Waals surface area (Å²) in [6.45, 7) is 2.41. The van der Waals surface area contributed by atoms with E-state index in [1.807, 2.05) is 6.92 Å². The molecule has 1 heterocycles. The van der Waals surface area contributed by atoms with Crippen LogP contribution in [0.4, 0.5) is 4.79 Å². The smallest absolute Gasteiger partial charge is 0.393 e. The molecule has 0 spiro atoms. The quantitative estimate of drug-likeness (QED) is 0.592. The van der Waals surface area contributed by atoms with E-state index in [9.17, 15) is 9.59 Å². The first-order chi connectivity index (χ1) is 10.0. The Morgan fingerprint density at radius 3 is 2.76 bits per heavy atom. The van der Waals surface area contributed by atoms with Gasteiger partial charge in [-0.3, -0.25) is 4.79 Å². The molecule has 2 amide bonds. The summed E-state index contributed by atoms with van der Waals surface area (Å²) >= 11 is 0. The fourth-order valence-electron chi connectivity index (χ4n) is 1.64. The van der Waals surface area contributed by atoms with Crippen molar-refractivity contribution in [1.82, 2.24) is 9.91 Å². The third-order valence-electron chi connectivity index (χ3n) is 2.88. The molecule has 1 aromatic heterocycles. The summed E-state index contributed by atoms with van der Waals surface area (Å²) in [7, 11) is 2.97. The molecule has 21 heavy (non-hydrogen) atoms. The lowest BCUT2D eigenvalue weighted by atomic mass is 10.3. The predicted molar refractivity (Wildman–Crippen MR) is 75.1 cm³/mol. The van der Waals surface area contributed by atoms with Gasteiger partial charge in [0.15, 0.2) is 6.54 Å². The number of hydrogen-bond donors (Lipinski definition) is 0. The highest BCUT2D eigenvalue weighted by molar-refractivity contribution is 5.74. The number of carbonyl (C=O) groups excluding carboxylic acids is 1. The van der Waals surface area contributed by atoms with E-state index in [-0.39, 0.29) is 23.5 Å². The highest BCUT2D eigenvalue weighted by atomic mass is 16.5. The van der Waals surface area contributed by atoms with Crippen molar-refractivity contribution >= 4 is 6.03 Å². The Labute approximate surface area is 122 Å². The minimum atomic E-state index is -0.482. The molecule has 0 aliphatic carbocycles. The van der Waals surface area contributed by atoms with Crippen LogP contribution >= 0.6 is 0 Å². The summed E-state index contributed by atoms with van der Waals surface area (Å²) in [6.07, 6.45) is 2.94. The number of hydrogen-bond acceptors (Lipinski definition) is 5. The summed E-state index contributed by atoms with van der Waals surface area (Å²) in [5, 5.41) is 12.7. The highest BCUT2D eigenvalue weighted by Crippen LogP contribution is 2.10. The molecule has 1 rings (SSSR count). The Kier molecular flexibility index (Phi) is 6.20. The van der Waals surface area contributed by atoms with Crippen LogP contribution in [0.25, 0.3) is 5.08 Å². The van der Waals surface area contributed by atoms with E-state index in [0.717, 1.165) is 24.1 Å². The molecule has 0 aliphatic heterocycles. The topological polar surface area (TPSA) is 91.1 Å². The van der Waals surface area contributed by atoms with E-state index >= 15 is 0 Å². The third-order valence-corrected chi connectivity index (χ3v) is 2.88. The second-order valence-corrected chi connectivity index (χ2v) is 4.48. The maximum atomic E-state index is 12.0. The van der Waals surface area contributed by atoms with Crippen LogP contribution in [0.15, 0.2) is 21.5 Å². The van der Waals surface area contributed by atoms with E-state index in [4.69, 9.17) is 14.5 Å². The zero-order chi connectivity index (χ0) is 15.8. The van der Waals surface area contributed by atoms with E-state index < -0.39 is 6.03 Å². The molecule has 0 atom stereocenters. The number of carbonyl (C=O) groups is 1. The van der Waals surface area contributed by atoms with E-state index in [1.165, 1.54) is 18.1 Å². The number of urea groups is 1. The molecular weight excluding hydrogens is 276 g/mol. The fourth-order valence-corrected chi connectivity index (χ4v) is 1.64. The van der Waals surface area contributed by atoms with Crippen LogP contribution in [0.3, 0.4) is 0 Å². The van der Waals surface area contributed by atoms with Gasteiger partial charge in [-0.05, 0) is 6.42 Å². The first kappa shape index (κ1) is 16.5. The Hall–Kier alpha value is -2.56. The molecule has 114 valence electrons. The number of methoxy groups -OCH3 is 1. The standard InChI is InChI=1S/C13H19N4O4/c1-4-5-6-16(2)13(19)17(15-14)8-10-7-11(18)12(20-3)9-21-10/h7,9H,4-6,8H2,1-3H3/q+1. The van der Waals surface area contributed by atoms with Crippen LogP contribution in [0.5, 0.6) is 5.75 Å². The number of ether oxygens (including phenoxy) is 1. The molecule has 0 fully saturated rings. The van der Waals surface area contributed by atoms with Crippen molar-refractivity contribution in [2.75, 3.05) is 20.7 Å². The van der Waals surface area contributed by atoms with Crippen molar-refractivity contribution in [2.45, 2.75) is 26.3 Å². The van der Waals surface area contributed by atoms with Crippen LogP contribution in [0.1, 0.15) is 25.5 Å². The lowest BCUT2D eigenvalue weighted by Gasteiger charge is -2.15. The molecule has 0 bridgehead atoms. The Morgan fingerprint density at radius 1 is 1.52 bits per heavy atom. The van der Waals surface area contributed by atoms with E-state index in [1.54, 1.807) is 7.05 Å². The van der Waals surface area contributed by atoms with Gasteiger partial charge >= 0.3 is 11.1 Å². The van der Waals surface area contributed by atoms with Gasteiger partial charge in [0.1, 0.15) is 12.0 Å². The molecule has 0 saturated heterocycles. The summed E-state index contributed by atoms with van der Waals surface area (Å²) in [5.74, 6) is 0.258. The van der Waals surface area contributed by atoms with Gasteiger partial charge < -0.3 is 14.1 Å². The second kappa shape index (κ2) is 7.89. The third kappa shape index (κ3) is 4.49. The molecule has 0 radical (unpaired) electrons. The molecular formula is C13H19N4O4+. The van der Waals surface area contributed by atoms with Gasteiger partial charge in [-0.15, -0.1) is 0 Å². The molecule has 0 aliphatic rings. The van der Waals surface area contributed by atoms with E-state index in [0.29, 0.717) is 6.54 Å². The fraction of sp³-hybridized carbons (Fsp3) is 0.538. The average Bonchev–Trinajstić information content (AvgIpc) is 2.49. The van der Waals surface area contributed by atoms with E-state index in [2.05, 4.69) is 5.08 Å². The molecule has 0 unspecified atom stereocenters. The van der Waals surface area contributed by atoms with Gasteiger partial charge in [0.2, 0.25) is 11.2 Å². The lowest BCUT2D eigenvalue weighted by molar-refractivity contribution is 0.172. The van der Waals surface area contributed by atoms with Crippen molar-refractivity contribution in [2.24, 2.45) is 0 Å². The second-order valence-electron chi connectivity index (χ2n) is 4.48. The maximum Gasteiger partial charge on any atom is 0.393 e. The zero-order valence-corrected chi connectivity index (χ0v) is 12.4. The molecule has 8 heteroatoms. The maximum absolute atomic E-state index is 12.0. The van der Waals surface area contributed by atoms with Crippen LogP contribution in [0, 0.1) is 5.39 Å². The van der Waals surface area contributed by atoms with Gasteiger partial charge in [-0.2, -0.15) is 0 Å². The Morgan fingerprint density at radius 2 is 2.24 bits per heavy atom. The number of nitrogens with zero attached hydrogens (tertiary/aromatic N) is 4. The number of amides is 2. The molecule has 0 N–H and O–H groups in total. The minimum Gasteiger partial charge on any atom is -0.490 e. The van der Waals surface area contributed by atoms with Gasteiger partial charge in [-0.25, -0.2) is 4.79 Å². The number of unbranched alkanes of at least 4 members (excludes halogenated alkanes) is 1. The Balaban J connectivity index is 2.78. The van der Waals surface area contributed by atoms with Crippen molar-refractivity contribution in [3.63, 3.8) is 0 Å². The van der Waals surface area contributed by atoms with Gasteiger partial charge in [0.25, 0.3) is 5.39 Å². The average molecular weight is 295 g/mol. The van der Waals surface area contributed by atoms with Crippen molar-refractivity contribution in [1.29, 1.82) is 5.39 Å². The molecule has 0 aromatic carbocycles. The summed E-state index contributed by atoms with van der Waals surface area (Å²) in [4.78, 5) is 25.1. The highest BCUT2D eigenvalue weighted by Gasteiger charge is 2.29. The van der Waals surface area contributed by atoms with Crippen LogP contribution in [-0.4, -0.2) is 36.6 Å². The van der Waals surface area contributed by atoms with Crippen LogP contribution < -0.4 is 10.2 Å². The summed E-state index contributed by atoms with van der Waals surface area (Å²) in [5.41, 5.74) is -0.372. The first-order valence-electron chi connectivity index (χ1n) is 6.56. The van der Waals surface area contributed by atoms with Gasteiger partial charge in [-0.1, -0.05) is 13.3 Å². The lowest BCUT2D eigenvalue weighted by Crippen LogP contribution is -2.37. The van der Waals surface area contributed by atoms with Gasteiger partial charge in [0.05, 0.1) is 12.1 Å². The van der Waals surface area contributed by atoms with Crippen molar-refractivity contribution < 1.29 is 13.9 Å². The molecule has 0 saturated carbocycles. The first-order valence-corrected chi connectivity index (χ1v) is 6.56. The largest absolute Gasteiger partial charge is 0.490 e. The number of rotatable bonds is 6. The van der Waals surface area contributed by atoms with Crippen molar-refractivity contribution in [3.05, 3.63) is 33.4 Å². The summed E-state index contributed by atoms with van der Waals surface area (Å²) < 4.78 is 9.96. The monoisotopic (exact) mass is 295 g/mol. The van der Waals surface area contributed by atoms with Crippen molar-refractivity contribution in [3.8, 4) is 5.75 Å².